The number of piperidine rings is 1. The van der Waals surface area contributed by atoms with E-state index < -0.39 is 0 Å². The quantitative estimate of drug-likeness (QED) is 0.331. The first kappa shape index (κ1) is 23.0. The van der Waals surface area contributed by atoms with Gasteiger partial charge in [0.05, 0.1) is 11.5 Å². The fraction of sp³-hybridized carbons (Fsp3) is 0.636. The summed E-state index contributed by atoms with van der Waals surface area (Å²) in [4.78, 5) is 34.1. The number of non-ortho nitro benzene ring substituents is 1. The topological polar surface area (TPSA) is 94.3 Å². The molecule has 0 saturated carbocycles. The lowest BCUT2D eigenvalue weighted by Gasteiger charge is -2.39. The van der Waals surface area contributed by atoms with E-state index >= 15 is 0 Å². The van der Waals surface area contributed by atoms with Gasteiger partial charge in [-0.2, -0.15) is 0 Å². The van der Waals surface area contributed by atoms with Crippen LogP contribution in [0.3, 0.4) is 0 Å². The van der Waals surface area contributed by atoms with Crippen LogP contribution in [0.15, 0.2) is 29.3 Å². The van der Waals surface area contributed by atoms with Crippen molar-refractivity contribution in [2.75, 3.05) is 52.9 Å². The lowest BCUT2D eigenvalue weighted by molar-refractivity contribution is -0.384. The van der Waals surface area contributed by atoms with Crippen LogP contribution in [0.4, 0.5) is 5.69 Å². The number of rotatable bonds is 5. The molecule has 2 aliphatic heterocycles. The number of nitro groups is 1. The summed E-state index contributed by atoms with van der Waals surface area (Å²) in [7, 11) is 1.74. The summed E-state index contributed by atoms with van der Waals surface area (Å²) in [5.74, 6) is 2.16. The first-order valence-electron chi connectivity index (χ1n) is 11.0. The first-order valence-corrected chi connectivity index (χ1v) is 11.0. The Morgan fingerprint density at radius 2 is 1.84 bits per heavy atom. The highest BCUT2D eigenvalue weighted by atomic mass is 16.6. The van der Waals surface area contributed by atoms with Gasteiger partial charge in [0.15, 0.2) is 5.96 Å². The molecule has 3 rings (SSSR count). The molecule has 170 valence electrons. The summed E-state index contributed by atoms with van der Waals surface area (Å²) in [6.45, 7) is 10.3. The van der Waals surface area contributed by atoms with Crippen molar-refractivity contribution in [1.29, 1.82) is 0 Å². The Kier molecular flexibility index (Phi) is 7.84. The molecule has 2 heterocycles. The van der Waals surface area contributed by atoms with Crippen molar-refractivity contribution in [3.8, 4) is 0 Å². The van der Waals surface area contributed by atoms with Crippen molar-refractivity contribution in [3.63, 3.8) is 0 Å². The zero-order valence-corrected chi connectivity index (χ0v) is 18.8. The molecule has 0 spiro atoms. The predicted molar refractivity (Wildman–Crippen MR) is 121 cm³/mol. The van der Waals surface area contributed by atoms with Gasteiger partial charge in [-0.05, 0) is 23.8 Å². The van der Waals surface area contributed by atoms with Gasteiger partial charge in [0.25, 0.3) is 5.69 Å². The second-order valence-electron chi connectivity index (χ2n) is 8.84. The van der Waals surface area contributed by atoms with Gasteiger partial charge in [0, 0.05) is 65.0 Å². The number of piperazine rings is 1. The van der Waals surface area contributed by atoms with Crippen LogP contribution in [0, 0.1) is 22.0 Å². The number of amides is 1. The van der Waals surface area contributed by atoms with E-state index in [1.54, 1.807) is 19.2 Å². The summed E-state index contributed by atoms with van der Waals surface area (Å²) >= 11 is 0. The van der Waals surface area contributed by atoms with Gasteiger partial charge in [-0.3, -0.25) is 24.8 Å². The molecule has 9 nitrogen and oxygen atoms in total. The lowest BCUT2D eigenvalue weighted by Crippen LogP contribution is -2.55. The number of guanidine groups is 1. The van der Waals surface area contributed by atoms with Crippen molar-refractivity contribution >= 4 is 17.6 Å². The fourth-order valence-electron chi connectivity index (χ4n) is 4.57. The number of benzene rings is 1. The van der Waals surface area contributed by atoms with Gasteiger partial charge in [-0.1, -0.05) is 26.0 Å². The SMILES string of the molecule is CN=C(NCc1cccc([N+](=O)[O-])c1)N1CCN(CC(=O)N2CC(C)CC(C)C2)CC1. The van der Waals surface area contributed by atoms with Crippen LogP contribution in [0.2, 0.25) is 0 Å². The van der Waals surface area contributed by atoms with Gasteiger partial charge in [0.2, 0.25) is 5.91 Å². The molecule has 0 aliphatic carbocycles. The van der Waals surface area contributed by atoms with E-state index in [4.69, 9.17) is 0 Å². The number of likely N-dealkylation sites (tertiary alicyclic amines) is 1. The second kappa shape index (κ2) is 10.6. The molecule has 1 aromatic carbocycles. The van der Waals surface area contributed by atoms with E-state index in [2.05, 4.69) is 34.0 Å². The normalized spacial score (nSPS) is 23.0. The number of nitrogens with one attached hydrogen (secondary N) is 1. The highest BCUT2D eigenvalue weighted by molar-refractivity contribution is 5.80. The maximum absolute atomic E-state index is 12.8. The number of aliphatic imine (C=N–C) groups is 1. The van der Waals surface area contributed by atoms with E-state index in [-0.39, 0.29) is 16.5 Å². The monoisotopic (exact) mass is 430 g/mol. The Hall–Kier alpha value is -2.68. The average Bonchev–Trinajstić information content (AvgIpc) is 2.74. The van der Waals surface area contributed by atoms with Crippen LogP contribution in [0.25, 0.3) is 0 Å². The molecule has 2 unspecified atom stereocenters. The van der Waals surface area contributed by atoms with Crippen molar-refractivity contribution in [1.82, 2.24) is 20.0 Å². The second-order valence-corrected chi connectivity index (χ2v) is 8.84. The minimum atomic E-state index is -0.385. The smallest absolute Gasteiger partial charge is 0.269 e. The Morgan fingerprint density at radius 3 is 2.45 bits per heavy atom. The largest absolute Gasteiger partial charge is 0.352 e. The molecule has 2 fully saturated rings. The van der Waals surface area contributed by atoms with Crippen LogP contribution in [-0.4, -0.2) is 84.4 Å². The van der Waals surface area contributed by atoms with Crippen LogP contribution >= 0.6 is 0 Å². The highest BCUT2D eigenvalue weighted by Gasteiger charge is 2.28. The molecule has 0 aromatic heterocycles. The highest BCUT2D eigenvalue weighted by Crippen LogP contribution is 2.21. The van der Waals surface area contributed by atoms with Gasteiger partial charge in [0.1, 0.15) is 0 Å². The number of carbonyl (C=O) groups is 1. The van der Waals surface area contributed by atoms with E-state index in [1.807, 2.05) is 11.0 Å². The Morgan fingerprint density at radius 1 is 1.16 bits per heavy atom. The maximum atomic E-state index is 12.8. The number of nitrogens with zero attached hydrogens (tertiary/aromatic N) is 5. The summed E-state index contributed by atoms with van der Waals surface area (Å²) in [5, 5.41) is 14.3. The number of hydrogen-bond acceptors (Lipinski definition) is 5. The molecule has 2 saturated heterocycles. The molecule has 2 atom stereocenters. The van der Waals surface area contributed by atoms with Crippen LogP contribution in [0.1, 0.15) is 25.8 Å². The van der Waals surface area contributed by atoms with Crippen molar-refractivity contribution in [2.45, 2.75) is 26.8 Å². The average molecular weight is 431 g/mol. The van der Waals surface area contributed by atoms with E-state index in [1.165, 1.54) is 12.5 Å². The van der Waals surface area contributed by atoms with Crippen LogP contribution in [-0.2, 0) is 11.3 Å². The molecule has 1 N–H and O–H groups in total. The molecular weight excluding hydrogens is 396 g/mol. The molecule has 0 radical (unpaired) electrons. The van der Waals surface area contributed by atoms with Crippen molar-refractivity contribution < 1.29 is 9.72 Å². The first-order chi connectivity index (χ1) is 14.9. The number of nitro benzene ring substituents is 1. The Bertz CT molecular complexity index is 796. The van der Waals surface area contributed by atoms with E-state index in [0.717, 1.165) is 50.8 Å². The third kappa shape index (κ3) is 6.40. The summed E-state index contributed by atoms with van der Waals surface area (Å²) < 4.78 is 0. The summed E-state index contributed by atoms with van der Waals surface area (Å²) in [6, 6.07) is 6.62. The van der Waals surface area contributed by atoms with E-state index in [9.17, 15) is 14.9 Å². The minimum absolute atomic E-state index is 0.0880. The standard InChI is InChI=1S/C22H34N6O3/c1-17-11-18(2)15-27(14-17)21(29)16-25-7-9-26(10-8-25)22(23-3)24-13-19-5-4-6-20(12-19)28(30)31/h4-6,12,17-18H,7-11,13-16H2,1-3H3,(H,23,24). The third-order valence-corrected chi connectivity index (χ3v) is 6.04. The lowest BCUT2D eigenvalue weighted by atomic mass is 9.92. The molecule has 0 bridgehead atoms. The number of carbonyl (C=O) groups excluding carboxylic acids is 1. The van der Waals surface area contributed by atoms with Gasteiger partial charge < -0.3 is 15.1 Å². The van der Waals surface area contributed by atoms with Crippen LogP contribution < -0.4 is 5.32 Å². The molecule has 9 heteroatoms. The van der Waals surface area contributed by atoms with Crippen molar-refractivity contribution in [2.24, 2.45) is 16.8 Å². The third-order valence-electron chi connectivity index (χ3n) is 6.04. The predicted octanol–water partition coefficient (Wildman–Crippen LogP) is 1.79. The van der Waals surface area contributed by atoms with E-state index in [0.29, 0.717) is 24.9 Å². The molecule has 1 aromatic rings. The van der Waals surface area contributed by atoms with Crippen molar-refractivity contribution in [3.05, 3.63) is 39.9 Å². The molecule has 1 amide bonds. The Labute approximate surface area is 184 Å². The van der Waals surface area contributed by atoms with Gasteiger partial charge in [-0.25, -0.2) is 0 Å². The van der Waals surface area contributed by atoms with Gasteiger partial charge in [-0.15, -0.1) is 0 Å². The zero-order valence-electron chi connectivity index (χ0n) is 18.8. The number of hydrogen-bond donors (Lipinski definition) is 1. The zero-order chi connectivity index (χ0) is 22.4. The fourth-order valence-corrected chi connectivity index (χ4v) is 4.57. The Balaban J connectivity index is 1.46. The molecule has 31 heavy (non-hydrogen) atoms. The summed E-state index contributed by atoms with van der Waals surface area (Å²) in [6.07, 6.45) is 1.20. The molecular formula is C22H34N6O3. The minimum Gasteiger partial charge on any atom is -0.352 e. The van der Waals surface area contributed by atoms with Crippen LogP contribution in [0.5, 0.6) is 0 Å². The summed E-state index contributed by atoms with van der Waals surface area (Å²) in [5.41, 5.74) is 0.926. The van der Waals surface area contributed by atoms with Gasteiger partial charge >= 0.3 is 0 Å². The molecule has 2 aliphatic rings. The maximum Gasteiger partial charge on any atom is 0.269 e.